The number of carbonyl (C=O) groups excluding carboxylic acids is 1. The third kappa shape index (κ3) is 2.92. The summed E-state index contributed by atoms with van der Waals surface area (Å²) in [5.41, 5.74) is 1.56. The molecule has 0 spiro atoms. The van der Waals surface area contributed by atoms with Crippen molar-refractivity contribution in [2.24, 2.45) is 0 Å². The van der Waals surface area contributed by atoms with Crippen molar-refractivity contribution in [3.05, 3.63) is 11.4 Å². The molecule has 1 saturated heterocycles. The molecule has 0 aliphatic carbocycles. The van der Waals surface area contributed by atoms with Crippen LogP contribution in [0.5, 0.6) is 0 Å². The normalized spacial score (nSPS) is 19.2. The topological polar surface area (TPSA) is 56.6 Å². The largest absolute Gasteiger partial charge is 0.498 e. The van der Waals surface area contributed by atoms with Gasteiger partial charge < -0.3 is 14.2 Å². The van der Waals surface area contributed by atoms with E-state index in [1.54, 1.807) is 4.90 Å². The van der Waals surface area contributed by atoms with Crippen molar-refractivity contribution >= 4 is 18.6 Å². The molecule has 1 aliphatic rings. The number of aromatic nitrogens is 2. The highest BCUT2D eigenvalue weighted by Crippen LogP contribution is 2.36. The molecular weight excluding hydrogens is 293 g/mol. The van der Waals surface area contributed by atoms with Crippen molar-refractivity contribution in [2.75, 3.05) is 13.1 Å². The minimum Gasteiger partial charge on any atom is -0.399 e. The van der Waals surface area contributed by atoms with Gasteiger partial charge in [-0.05, 0) is 55.4 Å². The fourth-order valence-corrected chi connectivity index (χ4v) is 2.77. The predicted octanol–water partition coefficient (Wildman–Crippen LogP) is 2.11. The first-order chi connectivity index (χ1) is 10.6. The summed E-state index contributed by atoms with van der Waals surface area (Å²) in [6.45, 7) is 17.1. The zero-order valence-electron chi connectivity index (χ0n) is 15.6. The van der Waals surface area contributed by atoms with Gasteiger partial charge in [-0.25, -0.2) is 4.79 Å². The summed E-state index contributed by atoms with van der Waals surface area (Å²) in [7, 11) is -0.502. The molecule has 1 amide bonds. The number of hydrogen-bond acceptors (Lipinski definition) is 4. The van der Waals surface area contributed by atoms with Crippen LogP contribution in [-0.4, -0.2) is 52.1 Å². The lowest BCUT2D eigenvalue weighted by Gasteiger charge is -2.32. The van der Waals surface area contributed by atoms with Crippen LogP contribution in [0.2, 0.25) is 0 Å². The van der Waals surface area contributed by atoms with Crippen molar-refractivity contribution in [3.63, 3.8) is 0 Å². The molecule has 7 heteroatoms. The van der Waals surface area contributed by atoms with Crippen LogP contribution in [0.15, 0.2) is 0 Å². The summed E-state index contributed by atoms with van der Waals surface area (Å²) in [5.74, 6) is 0. The van der Waals surface area contributed by atoms with Gasteiger partial charge >= 0.3 is 13.1 Å². The van der Waals surface area contributed by atoms with Crippen LogP contribution >= 0.6 is 0 Å². The molecule has 1 fully saturated rings. The van der Waals surface area contributed by atoms with E-state index in [1.807, 2.05) is 55.4 Å². The summed E-state index contributed by atoms with van der Waals surface area (Å²) >= 11 is 0. The molecule has 0 saturated carbocycles. The van der Waals surface area contributed by atoms with Crippen LogP contribution in [-0.2, 0) is 9.31 Å². The Morgan fingerprint density at radius 1 is 1.13 bits per heavy atom. The van der Waals surface area contributed by atoms with E-state index in [9.17, 15) is 4.79 Å². The number of nitrogens with zero attached hydrogens (tertiary/aromatic N) is 3. The Bertz CT molecular complexity index is 590. The van der Waals surface area contributed by atoms with Gasteiger partial charge in [0, 0.05) is 24.2 Å². The maximum Gasteiger partial charge on any atom is 0.498 e. The first-order valence-electron chi connectivity index (χ1n) is 8.26. The van der Waals surface area contributed by atoms with Gasteiger partial charge in [-0.1, -0.05) is 0 Å². The Morgan fingerprint density at radius 3 is 2.04 bits per heavy atom. The smallest absolute Gasteiger partial charge is 0.399 e. The fourth-order valence-electron chi connectivity index (χ4n) is 2.77. The van der Waals surface area contributed by atoms with Gasteiger partial charge in [-0.15, -0.1) is 0 Å². The maximum absolute atomic E-state index is 12.6. The van der Waals surface area contributed by atoms with Gasteiger partial charge in [0.2, 0.25) is 0 Å². The van der Waals surface area contributed by atoms with Gasteiger partial charge in [0.05, 0.1) is 16.9 Å². The second-order valence-corrected chi connectivity index (χ2v) is 7.04. The molecule has 0 atom stereocenters. The van der Waals surface area contributed by atoms with Crippen LogP contribution in [0.25, 0.3) is 0 Å². The molecule has 0 radical (unpaired) electrons. The summed E-state index contributed by atoms with van der Waals surface area (Å²) < 4.78 is 13.7. The predicted molar refractivity (Wildman–Crippen MR) is 91.1 cm³/mol. The lowest BCUT2D eigenvalue weighted by Crippen LogP contribution is -2.41. The lowest BCUT2D eigenvalue weighted by molar-refractivity contribution is 0.00578. The van der Waals surface area contributed by atoms with Crippen LogP contribution in [0.3, 0.4) is 0 Å². The van der Waals surface area contributed by atoms with E-state index in [0.717, 1.165) is 16.9 Å². The summed E-state index contributed by atoms with van der Waals surface area (Å²) in [6.07, 6.45) is 0. The fraction of sp³-hybridized carbons (Fsp3) is 0.750. The molecule has 0 unspecified atom stereocenters. The number of hydrogen-bond donors (Lipinski definition) is 0. The Labute approximate surface area is 139 Å². The molecule has 2 heterocycles. The van der Waals surface area contributed by atoms with Crippen molar-refractivity contribution in [3.8, 4) is 0 Å². The second-order valence-electron chi connectivity index (χ2n) is 7.04. The Morgan fingerprint density at radius 2 is 1.61 bits per heavy atom. The third-order valence-electron chi connectivity index (χ3n) is 5.05. The van der Waals surface area contributed by atoms with Crippen LogP contribution in [0, 0.1) is 13.8 Å². The maximum atomic E-state index is 12.6. The highest BCUT2D eigenvalue weighted by Gasteiger charge is 2.53. The molecule has 6 nitrogen and oxygen atoms in total. The quantitative estimate of drug-likeness (QED) is 0.800. The number of aryl methyl sites for hydroxylation is 1. The van der Waals surface area contributed by atoms with Crippen molar-refractivity contribution in [1.29, 1.82) is 0 Å². The number of rotatable bonds is 3. The Hall–Kier alpha value is -1.34. The minimum absolute atomic E-state index is 0.113. The second kappa shape index (κ2) is 5.94. The molecule has 1 aromatic rings. The van der Waals surface area contributed by atoms with E-state index in [2.05, 4.69) is 5.10 Å². The Kier molecular flexibility index (Phi) is 4.65. The molecule has 1 aromatic heterocycles. The minimum atomic E-state index is -0.502. The molecule has 1 aliphatic heterocycles. The average molecular weight is 321 g/mol. The monoisotopic (exact) mass is 321 g/mol. The van der Waals surface area contributed by atoms with Crippen molar-refractivity contribution in [1.82, 2.24) is 14.7 Å². The molecule has 23 heavy (non-hydrogen) atoms. The van der Waals surface area contributed by atoms with Gasteiger partial charge in [0.1, 0.15) is 0 Å². The third-order valence-corrected chi connectivity index (χ3v) is 5.05. The van der Waals surface area contributed by atoms with E-state index in [-0.39, 0.29) is 6.03 Å². The SMILES string of the molecule is CCN(CC)C(=O)n1nc(C)c(B2OC(C)(C)C(C)(C)O2)c1C. The van der Waals surface area contributed by atoms with Crippen LogP contribution in [0.4, 0.5) is 4.79 Å². The van der Waals surface area contributed by atoms with Crippen molar-refractivity contribution < 1.29 is 14.1 Å². The molecule has 0 bridgehead atoms. The lowest BCUT2D eigenvalue weighted by atomic mass is 9.77. The first kappa shape index (κ1) is 18.0. The molecule has 0 N–H and O–H groups in total. The van der Waals surface area contributed by atoms with E-state index in [1.165, 1.54) is 4.68 Å². The van der Waals surface area contributed by atoms with E-state index >= 15 is 0 Å². The highest BCUT2D eigenvalue weighted by atomic mass is 16.7. The van der Waals surface area contributed by atoms with E-state index in [0.29, 0.717) is 13.1 Å². The molecule has 128 valence electrons. The first-order valence-corrected chi connectivity index (χ1v) is 8.26. The molecule has 0 aromatic carbocycles. The standard InChI is InChI=1S/C16H28BN3O3/c1-9-19(10-2)14(21)20-12(4)13(11(3)18-20)17-22-15(5,6)16(7,8)23-17/h9-10H2,1-8H3. The molecular formula is C16H28BN3O3. The number of carbonyl (C=O) groups is 1. The average Bonchev–Trinajstić information content (AvgIpc) is 2.84. The summed E-state index contributed by atoms with van der Waals surface area (Å²) in [4.78, 5) is 14.4. The Balaban J connectivity index is 2.38. The summed E-state index contributed by atoms with van der Waals surface area (Å²) in [6, 6.07) is -0.113. The van der Waals surface area contributed by atoms with Crippen LogP contribution in [0.1, 0.15) is 52.9 Å². The van der Waals surface area contributed by atoms with E-state index < -0.39 is 18.3 Å². The van der Waals surface area contributed by atoms with Crippen LogP contribution < -0.4 is 5.46 Å². The van der Waals surface area contributed by atoms with Gasteiger partial charge in [-0.2, -0.15) is 9.78 Å². The molecule has 2 rings (SSSR count). The zero-order chi connectivity index (χ0) is 17.6. The van der Waals surface area contributed by atoms with Gasteiger partial charge in [0.15, 0.2) is 0 Å². The highest BCUT2D eigenvalue weighted by molar-refractivity contribution is 6.63. The van der Waals surface area contributed by atoms with Crippen molar-refractivity contribution in [2.45, 2.75) is 66.6 Å². The summed E-state index contributed by atoms with van der Waals surface area (Å²) in [5, 5.41) is 4.43. The number of amides is 1. The zero-order valence-corrected chi connectivity index (χ0v) is 15.6. The van der Waals surface area contributed by atoms with E-state index in [4.69, 9.17) is 9.31 Å². The van der Waals surface area contributed by atoms with Gasteiger partial charge in [-0.3, -0.25) is 0 Å². The van der Waals surface area contributed by atoms with Gasteiger partial charge in [0.25, 0.3) is 0 Å².